The first-order valence-electron chi connectivity index (χ1n) is 8.70. The minimum atomic E-state index is -0.0100. The molecule has 1 aromatic heterocycles. The van der Waals surface area contributed by atoms with Gasteiger partial charge in [-0.05, 0) is 37.3 Å². The van der Waals surface area contributed by atoms with E-state index in [1.807, 2.05) is 54.8 Å². The topological polar surface area (TPSA) is 60.5 Å². The quantitative estimate of drug-likeness (QED) is 0.562. The maximum atomic E-state index is 12.1. The van der Waals surface area contributed by atoms with Crippen LogP contribution in [0.4, 0.5) is 5.69 Å². The van der Waals surface area contributed by atoms with Crippen LogP contribution < -0.4 is 14.8 Å². The van der Waals surface area contributed by atoms with Crippen molar-refractivity contribution in [3.63, 3.8) is 0 Å². The average molecular weight is 415 g/mol. The molecule has 0 aliphatic rings. The highest BCUT2D eigenvalue weighted by molar-refractivity contribution is 7.99. The summed E-state index contributed by atoms with van der Waals surface area (Å²) in [6, 6.07) is 13.5. The van der Waals surface area contributed by atoms with Crippen LogP contribution in [0, 0.1) is 6.92 Å². The van der Waals surface area contributed by atoms with Gasteiger partial charge >= 0.3 is 0 Å². The molecule has 0 saturated heterocycles. The number of amides is 1. The number of thioether (sulfide) groups is 1. The van der Waals surface area contributed by atoms with E-state index in [4.69, 9.17) is 9.47 Å². The first kappa shape index (κ1) is 20.2. The average Bonchev–Trinajstić information content (AvgIpc) is 3.18. The predicted octanol–water partition coefficient (Wildman–Crippen LogP) is 5.01. The van der Waals surface area contributed by atoms with Crippen LogP contribution in [0.15, 0.2) is 47.8 Å². The summed E-state index contributed by atoms with van der Waals surface area (Å²) in [5.41, 5.74) is 3.93. The number of rotatable bonds is 8. The molecule has 3 aromatic rings. The molecule has 0 fully saturated rings. The molecule has 0 radical (unpaired) electrons. The van der Waals surface area contributed by atoms with Crippen molar-refractivity contribution < 1.29 is 14.3 Å². The largest absolute Gasteiger partial charge is 0.493 e. The van der Waals surface area contributed by atoms with Crippen molar-refractivity contribution in [1.29, 1.82) is 0 Å². The number of anilines is 1. The lowest BCUT2D eigenvalue weighted by Gasteiger charge is -2.08. The standard InChI is InChI=1S/C21H22N2O3S2/c1-14-4-7-16(8-5-14)22-20(24)13-27-11-17-12-28-21(23-17)15-6-9-18(25-2)19(10-15)26-3/h4-10,12H,11,13H2,1-3H3,(H,22,24). The van der Waals surface area contributed by atoms with Crippen LogP contribution in [0.5, 0.6) is 11.5 Å². The number of carbonyl (C=O) groups excluding carboxylic acids is 1. The van der Waals surface area contributed by atoms with E-state index in [2.05, 4.69) is 10.3 Å². The number of nitrogens with zero attached hydrogens (tertiary/aromatic N) is 1. The van der Waals surface area contributed by atoms with Crippen molar-refractivity contribution in [3.8, 4) is 22.1 Å². The van der Waals surface area contributed by atoms with Gasteiger partial charge in [0.2, 0.25) is 5.91 Å². The van der Waals surface area contributed by atoms with E-state index in [1.54, 1.807) is 37.3 Å². The summed E-state index contributed by atoms with van der Waals surface area (Å²) in [6.45, 7) is 2.02. The van der Waals surface area contributed by atoms with Gasteiger partial charge in [0.15, 0.2) is 11.5 Å². The smallest absolute Gasteiger partial charge is 0.234 e. The number of aromatic nitrogens is 1. The second kappa shape index (κ2) is 9.61. The molecular formula is C21H22N2O3S2. The molecule has 0 atom stereocenters. The Morgan fingerprint density at radius 1 is 1.11 bits per heavy atom. The number of aryl methyl sites for hydroxylation is 1. The van der Waals surface area contributed by atoms with Crippen molar-refractivity contribution in [2.75, 3.05) is 25.3 Å². The molecule has 3 rings (SSSR count). The van der Waals surface area contributed by atoms with Crippen molar-refractivity contribution in [3.05, 3.63) is 59.1 Å². The van der Waals surface area contributed by atoms with E-state index in [1.165, 1.54) is 5.56 Å². The van der Waals surface area contributed by atoms with Crippen LogP contribution in [-0.4, -0.2) is 30.9 Å². The molecule has 1 amide bonds. The Hall–Kier alpha value is -2.51. The Labute approximate surface area is 173 Å². The lowest BCUT2D eigenvalue weighted by molar-refractivity contribution is -0.113. The number of benzene rings is 2. The first-order chi connectivity index (χ1) is 13.6. The zero-order valence-corrected chi connectivity index (χ0v) is 17.7. The van der Waals surface area contributed by atoms with Crippen molar-refractivity contribution in [2.24, 2.45) is 0 Å². The fourth-order valence-corrected chi connectivity index (χ4v) is 4.20. The Balaban J connectivity index is 1.53. The molecule has 1 heterocycles. The molecule has 146 valence electrons. The minimum absolute atomic E-state index is 0.0100. The van der Waals surface area contributed by atoms with E-state index >= 15 is 0 Å². The molecule has 0 saturated carbocycles. The lowest BCUT2D eigenvalue weighted by atomic mass is 10.2. The maximum absolute atomic E-state index is 12.1. The number of methoxy groups -OCH3 is 2. The molecule has 28 heavy (non-hydrogen) atoms. The SMILES string of the molecule is COc1ccc(-c2nc(CSCC(=O)Nc3ccc(C)cc3)cs2)cc1OC. The maximum Gasteiger partial charge on any atom is 0.234 e. The van der Waals surface area contributed by atoms with Crippen LogP contribution in [-0.2, 0) is 10.5 Å². The first-order valence-corrected chi connectivity index (χ1v) is 10.7. The number of hydrogen-bond donors (Lipinski definition) is 1. The number of carbonyl (C=O) groups is 1. The van der Waals surface area contributed by atoms with Gasteiger partial charge in [0.1, 0.15) is 5.01 Å². The van der Waals surface area contributed by atoms with E-state index < -0.39 is 0 Å². The van der Waals surface area contributed by atoms with Gasteiger partial charge in [0.25, 0.3) is 0 Å². The third-order valence-corrected chi connectivity index (χ3v) is 5.91. The van der Waals surface area contributed by atoms with Gasteiger partial charge in [-0.25, -0.2) is 4.98 Å². The van der Waals surface area contributed by atoms with Gasteiger partial charge < -0.3 is 14.8 Å². The number of thiazole rings is 1. The fourth-order valence-electron chi connectivity index (χ4n) is 2.56. The molecule has 5 nitrogen and oxygen atoms in total. The fraction of sp³-hybridized carbons (Fsp3) is 0.238. The lowest BCUT2D eigenvalue weighted by Crippen LogP contribution is -2.14. The molecule has 0 aliphatic heterocycles. The Bertz CT molecular complexity index is 939. The number of hydrogen-bond acceptors (Lipinski definition) is 6. The zero-order valence-electron chi connectivity index (χ0n) is 16.0. The van der Waals surface area contributed by atoms with Gasteiger partial charge in [-0.15, -0.1) is 23.1 Å². The molecule has 0 unspecified atom stereocenters. The summed E-state index contributed by atoms with van der Waals surface area (Å²) in [4.78, 5) is 16.7. The van der Waals surface area contributed by atoms with Crippen LogP contribution in [0.1, 0.15) is 11.3 Å². The highest BCUT2D eigenvalue weighted by Gasteiger charge is 2.10. The molecule has 0 aliphatic carbocycles. The number of ether oxygens (including phenoxy) is 2. The van der Waals surface area contributed by atoms with E-state index in [0.717, 1.165) is 22.0 Å². The van der Waals surface area contributed by atoms with E-state index in [-0.39, 0.29) is 5.91 Å². The van der Waals surface area contributed by atoms with Crippen LogP contribution >= 0.6 is 23.1 Å². The third kappa shape index (κ3) is 5.27. The number of nitrogens with one attached hydrogen (secondary N) is 1. The van der Waals surface area contributed by atoms with Crippen LogP contribution in [0.3, 0.4) is 0 Å². The second-order valence-corrected chi connectivity index (χ2v) is 7.96. The zero-order chi connectivity index (χ0) is 19.9. The summed E-state index contributed by atoms with van der Waals surface area (Å²) in [6.07, 6.45) is 0. The second-order valence-electron chi connectivity index (χ2n) is 6.12. The highest BCUT2D eigenvalue weighted by atomic mass is 32.2. The molecule has 7 heteroatoms. The van der Waals surface area contributed by atoms with Crippen molar-refractivity contribution in [1.82, 2.24) is 4.98 Å². The van der Waals surface area contributed by atoms with Gasteiger partial charge in [0.05, 0.1) is 25.7 Å². The van der Waals surface area contributed by atoms with E-state index in [9.17, 15) is 4.79 Å². The van der Waals surface area contributed by atoms with Crippen molar-refractivity contribution in [2.45, 2.75) is 12.7 Å². The molecule has 1 N–H and O–H groups in total. The highest BCUT2D eigenvalue weighted by Crippen LogP contribution is 2.33. The summed E-state index contributed by atoms with van der Waals surface area (Å²) in [7, 11) is 3.23. The van der Waals surface area contributed by atoms with Crippen LogP contribution in [0.25, 0.3) is 10.6 Å². The Morgan fingerprint density at radius 3 is 2.57 bits per heavy atom. The van der Waals surface area contributed by atoms with Gasteiger partial charge in [0, 0.05) is 22.4 Å². The van der Waals surface area contributed by atoms with E-state index in [0.29, 0.717) is 23.0 Å². The predicted molar refractivity (Wildman–Crippen MR) is 117 cm³/mol. The molecule has 2 aromatic carbocycles. The van der Waals surface area contributed by atoms with Gasteiger partial charge in [-0.1, -0.05) is 17.7 Å². The normalized spacial score (nSPS) is 10.5. The Kier molecular flexibility index (Phi) is 6.95. The molecule has 0 spiro atoms. The van der Waals surface area contributed by atoms with Crippen molar-refractivity contribution >= 4 is 34.7 Å². The minimum Gasteiger partial charge on any atom is -0.493 e. The van der Waals surface area contributed by atoms with Gasteiger partial charge in [-0.3, -0.25) is 4.79 Å². The molecule has 0 bridgehead atoms. The summed E-state index contributed by atoms with van der Waals surface area (Å²) < 4.78 is 10.6. The molecular weight excluding hydrogens is 392 g/mol. The summed E-state index contributed by atoms with van der Waals surface area (Å²) in [5, 5.41) is 5.85. The monoisotopic (exact) mass is 414 g/mol. The summed E-state index contributed by atoms with van der Waals surface area (Å²) >= 11 is 3.12. The van der Waals surface area contributed by atoms with Gasteiger partial charge in [-0.2, -0.15) is 0 Å². The van der Waals surface area contributed by atoms with Crippen LogP contribution in [0.2, 0.25) is 0 Å². The third-order valence-electron chi connectivity index (χ3n) is 4.00. The summed E-state index contributed by atoms with van der Waals surface area (Å²) in [5.74, 6) is 2.43. The Morgan fingerprint density at radius 2 is 1.86 bits per heavy atom.